The number of anilines is 1. The molecule has 0 bridgehead atoms. The van der Waals surface area contributed by atoms with Crippen LogP contribution in [-0.4, -0.2) is 35.2 Å². The SMILES string of the molecule is O=C(NNC(=O)c1ccccc1SCC(=O)N1CCc2ccccc21)c1cc(-c2ccccc2)on1. The number of nitrogens with one attached hydrogen (secondary N) is 2. The standard InChI is InChI=1S/C27H22N4O4S/c32-25(31-15-14-18-8-4-6-12-22(18)31)17-36-24-13-7-5-11-20(24)26(33)28-29-27(34)21-16-23(35-30-21)19-9-2-1-3-10-19/h1-13,16H,14-15,17H2,(H,28,33)(H,29,34). The Bertz CT molecular complexity index is 1420. The van der Waals surface area contributed by atoms with Gasteiger partial charge in [-0.15, -0.1) is 11.8 Å². The number of aromatic nitrogens is 1. The van der Waals surface area contributed by atoms with Crippen LogP contribution in [0.1, 0.15) is 26.4 Å². The number of carbonyl (C=O) groups excluding carboxylic acids is 3. The first-order valence-corrected chi connectivity index (χ1v) is 12.3. The molecule has 1 aliphatic rings. The van der Waals surface area contributed by atoms with Crippen LogP contribution < -0.4 is 15.8 Å². The highest BCUT2D eigenvalue weighted by atomic mass is 32.2. The number of benzene rings is 3. The van der Waals surface area contributed by atoms with Gasteiger partial charge in [0.2, 0.25) is 5.91 Å². The summed E-state index contributed by atoms with van der Waals surface area (Å²) in [5, 5.41) is 3.78. The fraction of sp³-hybridized carbons (Fsp3) is 0.111. The third kappa shape index (κ3) is 5.01. The van der Waals surface area contributed by atoms with Crippen molar-refractivity contribution in [2.75, 3.05) is 17.2 Å². The normalized spacial score (nSPS) is 12.2. The molecule has 1 aromatic heterocycles. The van der Waals surface area contributed by atoms with Crippen LogP contribution in [0.2, 0.25) is 0 Å². The van der Waals surface area contributed by atoms with Crippen molar-refractivity contribution in [1.82, 2.24) is 16.0 Å². The van der Waals surface area contributed by atoms with Crippen molar-refractivity contribution in [2.45, 2.75) is 11.3 Å². The van der Waals surface area contributed by atoms with Gasteiger partial charge in [0, 0.05) is 28.8 Å². The molecule has 9 heteroatoms. The van der Waals surface area contributed by atoms with Gasteiger partial charge in [0.1, 0.15) is 0 Å². The van der Waals surface area contributed by atoms with Crippen molar-refractivity contribution in [3.8, 4) is 11.3 Å². The Hall–Kier alpha value is -4.37. The van der Waals surface area contributed by atoms with Crippen LogP contribution >= 0.6 is 11.8 Å². The smallest absolute Gasteiger partial charge is 0.291 e. The second-order valence-corrected chi connectivity index (χ2v) is 9.08. The molecule has 8 nitrogen and oxygen atoms in total. The minimum absolute atomic E-state index is 0.0197. The van der Waals surface area contributed by atoms with Gasteiger partial charge in [0.25, 0.3) is 11.8 Å². The third-order valence-electron chi connectivity index (χ3n) is 5.76. The van der Waals surface area contributed by atoms with Crippen LogP contribution in [0, 0.1) is 0 Å². The molecule has 0 fully saturated rings. The topological polar surface area (TPSA) is 105 Å². The molecular formula is C27H22N4O4S. The molecule has 0 unspecified atom stereocenters. The van der Waals surface area contributed by atoms with Crippen molar-refractivity contribution in [3.63, 3.8) is 0 Å². The van der Waals surface area contributed by atoms with Crippen molar-refractivity contribution in [2.24, 2.45) is 0 Å². The van der Waals surface area contributed by atoms with E-state index in [-0.39, 0.29) is 17.4 Å². The van der Waals surface area contributed by atoms with Gasteiger partial charge in [-0.1, -0.05) is 65.8 Å². The summed E-state index contributed by atoms with van der Waals surface area (Å²) >= 11 is 1.28. The number of para-hydroxylation sites is 1. The van der Waals surface area contributed by atoms with Crippen molar-refractivity contribution < 1.29 is 18.9 Å². The summed E-state index contributed by atoms with van der Waals surface area (Å²) in [6.07, 6.45) is 0.837. The van der Waals surface area contributed by atoms with E-state index in [0.29, 0.717) is 22.8 Å². The van der Waals surface area contributed by atoms with Crippen LogP contribution in [0.25, 0.3) is 11.3 Å². The molecule has 0 spiro atoms. The molecule has 5 rings (SSSR count). The lowest BCUT2D eigenvalue weighted by molar-refractivity contribution is -0.116. The van der Waals surface area contributed by atoms with E-state index >= 15 is 0 Å². The maximum atomic E-state index is 12.9. The van der Waals surface area contributed by atoms with E-state index in [9.17, 15) is 14.4 Å². The van der Waals surface area contributed by atoms with Crippen LogP contribution in [0.3, 0.4) is 0 Å². The molecule has 1 aliphatic heterocycles. The lowest BCUT2D eigenvalue weighted by atomic mass is 10.1. The average molecular weight is 499 g/mol. The molecule has 0 saturated carbocycles. The zero-order valence-electron chi connectivity index (χ0n) is 19.1. The van der Waals surface area contributed by atoms with Crippen LogP contribution in [0.4, 0.5) is 5.69 Å². The van der Waals surface area contributed by atoms with Crippen molar-refractivity contribution in [3.05, 3.63) is 102 Å². The number of hydrogen-bond donors (Lipinski definition) is 2. The summed E-state index contributed by atoms with van der Waals surface area (Å²) < 4.78 is 5.24. The molecule has 2 N–H and O–H groups in total. The lowest BCUT2D eigenvalue weighted by Crippen LogP contribution is -2.42. The largest absolute Gasteiger partial charge is 0.355 e. The Balaban J connectivity index is 1.19. The van der Waals surface area contributed by atoms with Crippen LogP contribution in [0.5, 0.6) is 0 Å². The molecule has 4 aromatic rings. The predicted octanol–water partition coefficient (Wildman–Crippen LogP) is 4.10. The molecule has 0 atom stereocenters. The minimum atomic E-state index is -0.609. The number of carbonyl (C=O) groups is 3. The Morgan fingerprint density at radius 2 is 1.61 bits per heavy atom. The molecule has 0 radical (unpaired) electrons. The van der Waals surface area contributed by atoms with Crippen molar-refractivity contribution in [1.29, 1.82) is 0 Å². The van der Waals surface area contributed by atoms with Gasteiger partial charge >= 0.3 is 0 Å². The maximum Gasteiger partial charge on any atom is 0.291 e. The van der Waals surface area contributed by atoms with Crippen LogP contribution in [0.15, 0.2) is 94.3 Å². The number of hydrogen-bond acceptors (Lipinski definition) is 6. The maximum absolute atomic E-state index is 12.9. The second-order valence-electron chi connectivity index (χ2n) is 8.06. The Morgan fingerprint density at radius 1 is 0.889 bits per heavy atom. The van der Waals surface area contributed by atoms with E-state index in [1.54, 1.807) is 29.2 Å². The highest BCUT2D eigenvalue weighted by molar-refractivity contribution is 8.00. The molecule has 0 aliphatic carbocycles. The van der Waals surface area contributed by atoms with Gasteiger partial charge in [-0.05, 0) is 30.2 Å². The van der Waals surface area contributed by atoms with Gasteiger partial charge in [0.15, 0.2) is 11.5 Å². The summed E-state index contributed by atoms with van der Waals surface area (Å²) in [7, 11) is 0. The van der Waals surface area contributed by atoms with E-state index in [4.69, 9.17) is 4.52 Å². The van der Waals surface area contributed by atoms with Gasteiger partial charge in [-0.2, -0.15) is 0 Å². The van der Waals surface area contributed by atoms with Gasteiger partial charge in [0.05, 0.1) is 11.3 Å². The quantitative estimate of drug-likeness (QED) is 0.306. The number of nitrogens with zero attached hydrogens (tertiary/aromatic N) is 2. The fourth-order valence-electron chi connectivity index (χ4n) is 3.96. The van der Waals surface area contributed by atoms with E-state index in [2.05, 4.69) is 16.0 Å². The highest BCUT2D eigenvalue weighted by Crippen LogP contribution is 2.29. The molecule has 3 aromatic carbocycles. The summed E-state index contributed by atoms with van der Waals surface area (Å²) in [4.78, 5) is 40.6. The van der Waals surface area contributed by atoms with Gasteiger partial charge in [-0.25, -0.2) is 0 Å². The molecule has 36 heavy (non-hydrogen) atoms. The molecule has 0 saturated heterocycles. The Morgan fingerprint density at radius 3 is 2.47 bits per heavy atom. The van der Waals surface area contributed by atoms with E-state index in [0.717, 1.165) is 23.2 Å². The number of fused-ring (bicyclic) bond motifs is 1. The second kappa shape index (κ2) is 10.5. The summed E-state index contributed by atoms with van der Waals surface area (Å²) in [6.45, 7) is 0.654. The minimum Gasteiger partial charge on any atom is -0.355 e. The Labute approximate surface area is 211 Å². The molecule has 2 heterocycles. The third-order valence-corrected chi connectivity index (χ3v) is 6.82. The summed E-state index contributed by atoms with van der Waals surface area (Å²) in [5.41, 5.74) is 8.05. The molecular weight excluding hydrogens is 476 g/mol. The summed E-state index contributed by atoms with van der Waals surface area (Å²) in [5.74, 6) is -0.501. The number of rotatable bonds is 6. The first-order valence-electron chi connectivity index (χ1n) is 11.3. The van der Waals surface area contributed by atoms with E-state index in [1.165, 1.54) is 17.8 Å². The predicted molar refractivity (Wildman–Crippen MR) is 137 cm³/mol. The Kier molecular flexibility index (Phi) is 6.81. The molecule has 180 valence electrons. The molecule has 3 amide bonds. The van der Waals surface area contributed by atoms with E-state index in [1.807, 2.05) is 54.6 Å². The number of amides is 3. The summed E-state index contributed by atoms with van der Waals surface area (Å²) in [6, 6.07) is 25.6. The zero-order valence-corrected chi connectivity index (χ0v) is 20.0. The first-order chi connectivity index (χ1) is 17.6. The highest BCUT2D eigenvalue weighted by Gasteiger charge is 2.24. The van der Waals surface area contributed by atoms with Gasteiger partial charge < -0.3 is 9.42 Å². The number of thioether (sulfide) groups is 1. The monoisotopic (exact) mass is 498 g/mol. The van der Waals surface area contributed by atoms with E-state index < -0.39 is 11.8 Å². The first kappa shape index (κ1) is 23.4. The number of hydrazine groups is 1. The fourth-order valence-corrected chi connectivity index (χ4v) is 4.89. The van der Waals surface area contributed by atoms with Crippen molar-refractivity contribution >= 4 is 35.2 Å². The average Bonchev–Trinajstić information content (AvgIpc) is 3.59. The van der Waals surface area contributed by atoms with Crippen LogP contribution in [-0.2, 0) is 11.2 Å². The zero-order chi connectivity index (χ0) is 24.9. The van der Waals surface area contributed by atoms with Gasteiger partial charge in [-0.3, -0.25) is 25.2 Å². The lowest BCUT2D eigenvalue weighted by Gasteiger charge is -2.17.